The summed E-state index contributed by atoms with van der Waals surface area (Å²) in [5, 5.41) is 37.1. The molecule has 9 heterocycles. The van der Waals surface area contributed by atoms with Crippen LogP contribution in [-0.4, -0.2) is 233 Å². The lowest BCUT2D eigenvalue weighted by Gasteiger charge is -2.31. The minimum Gasteiger partial charge on any atom is -0.497 e. The third-order valence-electron chi connectivity index (χ3n) is 22.9. The average molecular weight is 1910 g/mol. The minimum atomic E-state index is -3.24. The molecule has 2 fully saturated rings. The van der Waals surface area contributed by atoms with Crippen LogP contribution in [0.5, 0.6) is 46.0 Å². The van der Waals surface area contributed by atoms with E-state index in [1.807, 2.05) is 166 Å². The monoisotopic (exact) mass is 1910 g/mol. The Balaban J connectivity index is 0.000000147. The van der Waals surface area contributed by atoms with Gasteiger partial charge in [0.05, 0.1) is 198 Å². The molecule has 2 aliphatic rings. The van der Waals surface area contributed by atoms with Crippen LogP contribution in [0.15, 0.2) is 220 Å². The van der Waals surface area contributed by atoms with Gasteiger partial charge in [-0.3, -0.25) is 43.5 Å². The maximum atomic E-state index is 11.7. The molecule has 138 heavy (non-hydrogen) atoms. The highest BCUT2D eigenvalue weighted by Crippen LogP contribution is 2.43. The maximum Gasteiger partial charge on any atom is 0.241 e. The summed E-state index contributed by atoms with van der Waals surface area (Å²) in [5.41, 5.74) is 19.4. The van der Waals surface area contributed by atoms with Crippen molar-refractivity contribution in [1.82, 2.24) is 99.7 Å². The Bertz CT molecular complexity index is 6920. The van der Waals surface area contributed by atoms with Gasteiger partial charge in [0.15, 0.2) is 0 Å². The van der Waals surface area contributed by atoms with Crippen LogP contribution >= 0.6 is 13.5 Å². The van der Waals surface area contributed by atoms with Crippen molar-refractivity contribution in [3.63, 3.8) is 0 Å². The number of sulfonamides is 1. The van der Waals surface area contributed by atoms with Crippen molar-refractivity contribution in [3.8, 4) is 91.0 Å². The van der Waals surface area contributed by atoms with Crippen molar-refractivity contribution >= 4 is 119 Å². The number of fused-ring (bicyclic) bond motifs is 4. The van der Waals surface area contributed by atoms with Crippen LogP contribution in [0.25, 0.3) is 89.2 Å². The molecule has 1 atom stereocenters. The first-order valence-corrected chi connectivity index (χ1v) is 46.5. The molecule has 0 bridgehead atoms. The summed E-state index contributed by atoms with van der Waals surface area (Å²) in [5.74, 6) is 6.28. The van der Waals surface area contributed by atoms with Crippen LogP contribution in [0.4, 0.5) is 45.5 Å². The van der Waals surface area contributed by atoms with Gasteiger partial charge in [-0.15, -0.1) is 0 Å². The van der Waals surface area contributed by atoms with Crippen LogP contribution in [0.3, 0.4) is 0 Å². The molecule has 38 heteroatoms. The van der Waals surface area contributed by atoms with Gasteiger partial charge in [-0.2, -0.15) is 33.9 Å². The number of hydrogen-bond donors (Lipinski definition) is 5. The second-order valence-electron chi connectivity index (χ2n) is 33.7. The van der Waals surface area contributed by atoms with Crippen molar-refractivity contribution in [1.29, 1.82) is 0 Å². The molecule has 5 N–H and O–H groups in total. The number of aromatic nitrogens is 16. The van der Waals surface area contributed by atoms with E-state index >= 15 is 0 Å². The Morgan fingerprint density at radius 1 is 0.435 bits per heavy atom. The molecule has 0 spiro atoms. The molecule has 8 aromatic heterocycles. The van der Waals surface area contributed by atoms with Crippen molar-refractivity contribution in [2.45, 2.75) is 64.3 Å². The third kappa shape index (κ3) is 25.7. The topological polar surface area (TPSA) is 381 Å². The van der Waals surface area contributed by atoms with Crippen LogP contribution < -0.4 is 78.2 Å². The molecule has 1 saturated heterocycles. The number of methoxy groups -OCH3 is 8. The van der Waals surface area contributed by atoms with Crippen LogP contribution in [-0.2, 0) is 42.0 Å². The van der Waals surface area contributed by atoms with Gasteiger partial charge >= 0.3 is 0 Å². The Kier molecular flexibility index (Phi) is 32.5. The molecule has 1 amide bonds. The number of carbonyl (C=O) groups excluding carboxylic acids is 1. The molecular formula is C100H116N24O12S2. The van der Waals surface area contributed by atoms with Crippen molar-refractivity contribution in [3.05, 3.63) is 220 Å². The number of likely N-dealkylation sites (N-methyl/N-ethyl adjacent to an activating group) is 2. The zero-order valence-corrected chi connectivity index (χ0v) is 81.7. The van der Waals surface area contributed by atoms with E-state index < -0.39 is 15.6 Å². The van der Waals surface area contributed by atoms with Gasteiger partial charge < -0.3 is 78.6 Å². The van der Waals surface area contributed by atoms with E-state index in [1.165, 1.54) is 19.3 Å². The molecule has 36 nitrogen and oxygen atoms in total. The van der Waals surface area contributed by atoms with Gasteiger partial charge in [-0.1, -0.05) is 0 Å². The lowest BCUT2D eigenvalue weighted by atomic mass is 10.1. The van der Waals surface area contributed by atoms with Crippen LogP contribution in [0, 0.1) is 5.92 Å². The smallest absolute Gasteiger partial charge is 0.241 e. The average Bonchev–Trinajstić information content (AvgIpc) is 1.00. The molecule has 16 aromatic rings. The number of aryl methyl sites for hydroxylation is 2. The standard InChI is InChI=1S/C26H30N6O4S.C25H29N7O3.C25H28N6O2.C24H27N5O3.H2S/c1-35-22-10-21(11-23(13-22)36-2)32(16-18-4-5-18)20-6-7-24-25(12-20)30-26(15-27-24)19-14-28-31(17-19)9-8-29-37(3,33)34;1-26-7-8-32(19-9-20(34-3)12-21(10-19)35-4)18-5-6-22-23(11-18)30-24(14-28-22)17-13-29-31(15-17)16-25(33)27-2;1-30-15-17(13-28-30)25-14-27-23-7-6-19(11-24(23)29-25)31(16-18-5-4-8-26-18)20-9-21(32-2)12-22(10-20)33-3;1-24(2,30)15-29(18-8-19(31-4)11-20(9-18)32-5)17-6-7-21-22(10-17)27-23(13-25-21)16-12-26-28(3)14-16;/h6-7,10-15,17-18,29H,4-5,8-9,16H2,1-3H3;5-6,9-15,26H,7-8,16H2,1-4H3,(H,27,33);6-7,9-15,18,26H,4-5,8,16H2,1-3H3;6-14,30H,15H2,1-5H3;1H2/t;;18-;;/m..0../s1. The third-order valence-corrected chi connectivity index (χ3v) is 23.7. The highest BCUT2D eigenvalue weighted by molar-refractivity contribution is 7.88. The second kappa shape index (κ2) is 45.2. The van der Waals surface area contributed by atoms with Gasteiger partial charge in [-0.05, 0) is 132 Å². The Morgan fingerprint density at radius 3 is 1.12 bits per heavy atom. The number of carbonyl (C=O) groups is 1. The van der Waals surface area contributed by atoms with Crippen molar-refractivity contribution in [2.75, 3.05) is 143 Å². The normalized spacial score (nSPS) is 12.8. The van der Waals surface area contributed by atoms with E-state index in [1.54, 1.807) is 152 Å². The predicted octanol–water partition coefficient (Wildman–Crippen LogP) is 14.2. The van der Waals surface area contributed by atoms with Crippen molar-refractivity contribution < 1.29 is 56.2 Å². The summed E-state index contributed by atoms with van der Waals surface area (Å²) >= 11 is 0. The lowest BCUT2D eigenvalue weighted by Crippen LogP contribution is -2.36. The Labute approximate surface area is 808 Å². The number of aliphatic hydroxyl groups is 1. The second-order valence-corrected chi connectivity index (χ2v) is 35.5. The summed E-state index contributed by atoms with van der Waals surface area (Å²) < 4.78 is 75.8. The van der Waals surface area contributed by atoms with E-state index in [9.17, 15) is 18.3 Å². The molecule has 0 radical (unpaired) electrons. The lowest BCUT2D eigenvalue weighted by molar-refractivity contribution is -0.121. The molecular weight excluding hydrogens is 1790 g/mol. The van der Waals surface area contributed by atoms with Crippen LogP contribution in [0.2, 0.25) is 0 Å². The van der Waals surface area contributed by atoms with Gasteiger partial charge in [0.1, 0.15) is 52.5 Å². The number of nitrogens with one attached hydrogen (secondary N) is 4. The number of benzene rings is 8. The van der Waals surface area contributed by atoms with Gasteiger partial charge in [0.25, 0.3) is 0 Å². The SMILES string of the molecule is CNCCN(c1cc(OC)cc(OC)c1)c1ccc2ncc(-c3cnn(CC(=O)NC)c3)nc2c1.COc1cc(OC)cc(N(CC(C)(C)O)c2ccc3ncc(-c4cnn(C)c4)nc3c2)c1.COc1cc(OC)cc(N(CC2CC2)c2ccc3ncc(-c4cnn(CCNS(C)(=O)=O)c4)nc3c2)c1.COc1cc(OC)cc(N(C[C@@H]2CCCN2)c2ccc3ncc(-c4cnn(C)c4)nc3c2)c1.S. The first-order chi connectivity index (χ1) is 66.2. The molecule has 8 aromatic carbocycles. The first-order valence-electron chi connectivity index (χ1n) is 44.6. The van der Waals surface area contributed by atoms with Crippen LogP contribution in [0.1, 0.15) is 39.5 Å². The van der Waals surface area contributed by atoms with Crippen molar-refractivity contribution in [2.24, 2.45) is 20.0 Å². The molecule has 1 saturated carbocycles. The van der Waals surface area contributed by atoms with E-state index in [2.05, 4.69) is 100.0 Å². The highest BCUT2D eigenvalue weighted by atomic mass is 32.2. The fourth-order valence-electron chi connectivity index (χ4n) is 15.7. The number of anilines is 8. The fraction of sp³-hybridized carbons (Fsp3) is 0.310. The quantitative estimate of drug-likeness (QED) is 0.0246. The highest BCUT2D eigenvalue weighted by Gasteiger charge is 2.29. The summed E-state index contributed by atoms with van der Waals surface area (Å²) in [6.07, 6.45) is 27.4. The molecule has 18 rings (SSSR count). The molecule has 1 aliphatic carbocycles. The largest absolute Gasteiger partial charge is 0.497 e. The maximum absolute atomic E-state index is 11.7. The van der Waals surface area contributed by atoms with E-state index in [-0.39, 0.29) is 32.5 Å². The van der Waals surface area contributed by atoms with Gasteiger partial charge in [-0.25, -0.2) is 33.1 Å². The summed E-state index contributed by atoms with van der Waals surface area (Å²) in [7, 11) is 17.2. The Hall–Kier alpha value is -14.8. The zero-order valence-electron chi connectivity index (χ0n) is 79.9. The number of nitrogens with zero attached hydrogens (tertiary/aromatic N) is 20. The fourth-order valence-corrected chi connectivity index (χ4v) is 16.1. The molecule has 720 valence electrons. The number of rotatable bonds is 35. The molecule has 0 unspecified atom stereocenters. The summed E-state index contributed by atoms with van der Waals surface area (Å²) in [4.78, 5) is 58.2. The predicted molar refractivity (Wildman–Crippen MR) is 542 cm³/mol. The van der Waals surface area contributed by atoms with E-state index in [0.717, 1.165) is 192 Å². The summed E-state index contributed by atoms with van der Waals surface area (Å²) in [6.45, 7) is 9.00. The summed E-state index contributed by atoms with van der Waals surface area (Å²) in [6, 6.07) is 47.9. The van der Waals surface area contributed by atoms with E-state index in [4.69, 9.17) is 57.8 Å². The van der Waals surface area contributed by atoms with E-state index in [0.29, 0.717) is 59.4 Å². The first kappa shape index (κ1) is 99.1. The minimum absolute atomic E-state index is 0. The molecule has 1 aliphatic heterocycles. The van der Waals surface area contributed by atoms with Gasteiger partial charge in [0.2, 0.25) is 15.9 Å². The number of amides is 1. The zero-order chi connectivity index (χ0) is 96.4. The van der Waals surface area contributed by atoms with Gasteiger partial charge in [0, 0.05) is 225 Å². The Morgan fingerprint density at radius 2 is 0.783 bits per heavy atom. The number of hydrogen-bond acceptors (Lipinski definition) is 30. The number of ether oxygens (including phenoxy) is 8.